The van der Waals surface area contributed by atoms with Crippen LogP contribution in [0.4, 0.5) is 5.69 Å². The minimum Gasteiger partial charge on any atom is -0.467 e. The van der Waals surface area contributed by atoms with Crippen LogP contribution in [-0.4, -0.2) is 33.4 Å². The van der Waals surface area contributed by atoms with Crippen LogP contribution in [0.3, 0.4) is 0 Å². The van der Waals surface area contributed by atoms with E-state index in [9.17, 15) is 18.0 Å². The van der Waals surface area contributed by atoms with Crippen molar-refractivity contribution in [2.45, 2.75) is 17.9 Å². The fraction of sp³-hybridized carbons (Fsp3) is 0.167. The van der Waals surface area contributed by atoms with E-state index in [4.69, 9.17) is 9.15 Å². The number of rotatable bonds is 8. The van der Waals surface area contributed by atoms with Crippen molar-refractivity contribution in [2.75, 3.05) is 17.5 Å². The number of hydrogen-bond donors (Lipinski definition) is 1. The Morgan fingerprint density at radius 2 is 1.85 bits per heavy atom. The molecule has 0 bridgehead atoms. The highest BCUT2D eigenvalue weighted by atomic mass is 32.2. The van der Waals surface area contributed by atoms with Gasteiger partial charge in [-0.25, -0.2) is 13.2 Å². The molecule has 8 nitrogen and oxygen atoms in total. The standard InChI is InChI=1S/C24H22N2O6S/c27-23(25-16-20-5-3-15-31-20)17-32-24(28)12-9-18-7-10-21(11-8-18)33(29,30)26-14-13-19-4-1-2-6-22(19)26/h1-12,15H,13-14,16-17H2,(H,25,27). The Hall–Kier alpha value is -3.85. The maximum atomic E-state index is 13.0. The second-order valence-electron chi connectivity index (χ2n) is 7.32. The third-order valence-electron chi connectivity index (χ3n) is 5.11. The molecule has 0 atom stereocenters. The van der Waals surface area contributed by atoms with E-state index in [0.29, 0.717) is 30.0 Å². The molecule has 1 N–H and O–H groups in total. The number of benzene rings is 2. The van der Waals surface area contributed by atoms with Gasteiger partial charge in [0.25, 0.3) is 15.9 Å². The van der Waals surface area contributed by atoms with Crippen LogP contribution < -0.4 is 9.62 Å². The van der Waals surface area contributed by atoms with Crippen LogP contribution in [0.1, 0.15) is 16.9 Å². The van der Waals surface area contributed by atoms with Crippen LogP contribution >= 0.6 is 0 Å². The minimum atomic E-state index is -3.67. The van der Waals surface area contributed by atoms with E-state index < -0.39 is 28.5 Å². The number of esters is 1. The van der Waals surface area contributed by atoms with Crippen molar-refractivity contribution in [1.29, 1.82) is 0 Å². The highest BCUT2D eigenvalue weighted by Crippen LogP contribution is 2.32. The lowest BCUT2D eigenvalue weighted by atomic mass is 10.2. The normalized spacial score (nSPS) is 13.2. The molecule has 0 spiro atoms. The number of nitrogens with zero attached hydrogens (tertiary/aromatic N) is 1. The Labute approximate surface area is 191 Å². The van der Waals surface area contributed by atoms with Gasteiger partial charge in [0, 0.05) is 12.6 Å². The Bertz CT molecular complexity index is 1260. The molecule has 2 heterocycles. The van der Waals surface area contributed by atoms with Gasteiger partial charge >= 0.3 is 5.97 Å². The van der Waals surface area contributed by atoms with Crippen molar-refractivity contribution in [3.8, 4) is 0 Å². The Morgan fingerprint density at radius 3 is 2.61 bits per heavy atom. The first-order valence-corrected chi connectivity index (χ1v) is 11.7. The third kappa shape index (κ3) is 5.32. The lowest BCUT2D eigenvalue weighted by Crippen LogP contribution is -2.29. The first kappa shape index (κ1) is 22.3. The Kier molecular flexibility index (Phi) is 6.60. The number of fused-ring (bicyclic) bond motifs is 1. The summed E-state index contributed by atoms with van der Waals surface area (Å²) in [4.78, 5) is 23.8. The summed E-state index contributed by atoms with van der Waals surface area (Å²) in [7, 11) is -3.67. The summed E-state index contributed by atoms with van der Waals surface area (Å²) in [6.07, 6.45) is 4.85. The topological polar surface area (TPSA) is 106 Å². The number of para-hydroxylation sites is 1. The third-order valence-corrected chi connectivity index (χ3v) is 6.94. The first-order chi connectivity index (χ1) is 15.9. The molecule has 1 aromatic heterocycles. The highest BCUT2D eigenvalue weighted by molar-refractivity contribution is 7.92. The summed E-state index contributed by atoms with van der Waals surface area (Å²) in [6.45, 7) is 0.195. The fourth-order valence-corrected chi connectivity index (χ4v) is 4.94. The van der Waals surface area contributed by atoms with Gasteiger partial charge in [-0.05, 0) is 54.0 Å². The predicted octanol–water partition coefficient (Wildman–Crippen LogP) is 2.90. The molecule has 9 heteroatoms. The molecule has 0 saturated carbocycles. The monoisotopic (exact) mass is 466 g/mol. The van der Waals surface area contributed by atoms with E-state index in [1.165, 1.54) is 34.9 Å². The van der Waals surface area contributed by atoms with Crippen LogP contribution in [0.2, 0.25) is 0 Å². The average Bonchev–Trinajstić information content (AvgIpc) is 3.50. The van der Waals surface area contributed by atoms with E-state index in [1.807, 2.05) is 18.2 Å². The van der Waals surface area contributed by atoms with Gasteiger partial charge in [0.2, 0.25) is 0 Å². The maximum absolute atomic E-state index is 13.0. The van der Waals surface area contributed by atoms with Gasteiger partial charge in [-0.2, -0.15) is 0 Å². The van der Waals surface area contributed by atoms with E-state index in [0.717, 1.165) is 5.56 Å². The van der Waals surface area contributed by atoms with Crippen LogP contribution in [0.15, 0.2) is 82.3 Å². The average molecular weight is 467 g/mol. The summed E-state index contributed by atoms with van der Waals surface area (Å²) in [6, 6.07) is 17.1. The number of anilines is 1. The molecule has 2 aromatic carbocycles. The van der Waals surface area contributed by atoms with Gasteiger partial charge < -0.3 is 14.5 Å². The summed E-state index contributed by atoms with van der Waals surface area (Å²) in [5.74, 6) is -0.548. The smallest absolute Gasteiger partial charge is 0.331 e. The lowest BCUT2D eigenvalue weighted by molar-refractivity contribution is -0.143. The quantitative estimate of drug-likeness (QED) is 0.404. The molecule has 4 rings (SSSR count). The van der Waals surface area contributed by atoms with Gasteiger partial charge in [0.1, 0.15) is 5.76 Å². The second-order valence-corrected chi connectivity index (χ2v) is 9.18. The number of carbonyl (C=O) groups excluding carboxylic acids is 2. The second kappa shape index (κ2) is 9.74. The van der Waals surface area contributed by atoms with Gasteiger partial charge in [-0.15, -0.1) is 0 Å². The zero-order valence-electron chi connectivity index (χ0n) is 17.6. The molecule has 0 fully saturated rings. The zero-order chi connectivity index (χ0) is 23.3. The minimum absolute atomic E-state index is 0.173. The molecule has 1 aliphatic heterocycles. The molecular weight excluding hydrogens is 444 g/mol. The van der Waals surface area contributed by atoms with Gasteiger partial charge in [0.15, 0.2) is 6.61 Å². The summed E-state index contributed by atoms with van der Waals surface area (Å²) < 4.78 is 37.5. The van der Waals surface area contributed by atoms with Crippen LogP contribution in [0, 0.1) is 0 Å². The van der Waals surface area contributed by atoms with E-state index >= 15 is 0 Å². The fourth-order valence-electron chi connectivity index (χ4n) is 3.43. The molecular formula is C24H22N2O6S. The molecule has 1 amide bonds. The van der Waals surface area contributed by atoms with Crippen molar-refractivity contribution in [1.82, 2.24) is 5.32 Å². The molecule has 0 radical (unpaired) electrons. The number of ether oxygens (including phenoxy) is 1. The van der Waals surface area contributed by atoms with Gasteiger partial charge in [0.05, 0.1) is 23.4 Å². The number of hydrogen-bond acceptors (Lipinski definition) is 6. The van der Waals surface area contributed by atoms with Gasteiger partial charge in [-0.3, -0.25) is 9.10 Å². The Morgan fingerprint density at radius 1 is 1.06 bits per heavy atom. The highest BCUT2D eigenvalue weighted by Gasteiger charge is 2.30. The number of carbonyl (C=O) groups is 2. The summed E-state index contributed by atoms with van der Waals surface area (Å²) >= 11 is 0. The van der Waals surface area contributed by atoms with E-state index in [1.54, 1.807) is 30.3 Å². The molecule has 1 aliphatic rings. The van der Waals surface area contributed by atoms with Gasteiger partial charge in [-0.1, -0.05) is 30.3 Å². The molecule has 0 saturated heterocycles. The molecule has 33 heavy (non-hydrogen) atoms. The largest absolute Gasteiger partial charge is 0.467 e. The number of amides is 1. The number of furan rings is 1. The van der Waals surface area contributed by atoms with Crippen molar-refractivity contribution < 1.29 is 27.2 Å². The first-order valence-electron chi connectivity index (χ1n) is 10.3. The molecule has 170 valence electrons. The molecule has 0 unspecified atom stereocenters. The van der Waals surface area contributed by atoms with Crippen molar-refractivity contribution >= 4 is 33.7 Å². The Balaban J connectivity index is 1.31. The SMILES string of the molecule is O=C(COC(=O)C=Cc1ccc(S(=O)(=O)N2CCc3ccccc32)cc1)NCc1ccco1. The van der Waals surface area contributed by atoms with Crippen molar-refractivity contribution in [2.24, 2.45) is 0 Å². The summed E-state index contributed by atoms with van der Waals surface area (Å²) in [5.41, 5.74) is 2.33. The lowest BCUT2D eigenvalue weighted by Gasteiger charge is -2.19. The van der Waals surface area contributed by atoms with Crippen LogP contribution in [0.5, 0.6) is 0 Å². The van der Waals surface area contributed by atoms with Crippen molar-refractivity contribution in [3.05, 3.63) is 89.9 Å². The number of nitrogens with one attached hydrogen (secondary N) is 1. The van der Waals surface area contributed by atoms with Crippen LogP contribution in [-0.2, 0) is 37.3 Å². The number of sulfonamides is 1. The van der Waals surface area contributed by atoms with E-state index in [2.05, 4.69) is 5.32 Å². The van der Waals surface area contributed by atoms with Crippen molar-refractivity contribution in [3.63, 3.8) is 0 Å². The maximum Gasteiger partial charge on any atom is 0.331 e. The van der Waals surface area contributed by atoms with Crippen LogP contribution in [0.25, 0.3) is 6.08 Å². The summed E-state index contributed by atoms with van der Waals surface area (Å²) in [5, 5.41) is 2.57. The molecule has 0 aliphatic carbocycles. The zero-order valence-corrected chi connectivity index (χ0v) is 18.5. The molecule has 3 aromatic rings. The van der Waals surface area contributed by atoms with E-state index in [-0.39, 0.29) is 11.4 Å². The predicted molar refractivity (Wildman–Crippen MR) is 122 cm³/mol.